The zero-order valence-corrected chi connectivity index (χ0v) is 11.8. The van der Waals surface area contributed by atoms with Gasteiger partial charge in [-0.25, -0.2) is 0 Å². The van der Waals surface area contributed by atoms with Crippen molar-refractivity contribution in [1.29, 1.82) is 0 Å². The van der Waals surface area contributed by atoms with Gasteiger partial charge in [-0.1, -0.05) is 18.2 Å². The van der Waals surface area contributed by atoms with Gasteiger partial charge in [-0.3, -0.25) is 0 Å². The molecule has 6 heteroatoms. The summed E-state index contributed by atoms with van der Waals surface area (Å²) in [4.78, 5) is 0. The van der Waals surface area contributed by atoms with E-state index in [1.807, 2.05) is 30.3 Å². The van der Waals surface area contributed by atoms with Crippen molar-refractivity contribution < 1.29 is 23.1 Å². The van der Waals surface area contributed by atoms with E-state index in [9.17, 15) is 0 Å². The number of nitrogens with zero attached hydrogens (tertiary/aromatic N) is 1. The molecule has 20 heavy (non-hydrogen) atoms. The van der Waals surface area contributed by atoms with Gasteiger partial charge in [-0.2, -0.15) is 0 Å². The normalized spacial score (nSPS) is 42.5. The van der Waals surface area contributed by atoms with Crippen LogP contribution in [0.1, 0.15) is 6.92 Å². The molecule has 3 aliphatic rings. The van der Waals surface area contributed by atoms with Crippen LogP contribution in [0.4, 0.5) is 0 Å². The van der Waals surface area contributed by atoms with Crippen molar-refractivity contribution in [3.8, 4) is 5.75 Å². The van der Waals surface area contributed by atoms with E-state index in [0.29, 0.717) is 6.61 Å². The lowest BCUT2D eigenvalue weighted by Crippen LogP contribution is -2.59. The second-order valence-corrected chi connectivity index (χ2v) is 6.34. The van der Waals surface area contributed by atoms with Gasteiger partial charge in [0.25, 0.3) is 0 Å². The highest BCUT2D eigenvalue weighted by molar-refractivity contribution is 6.54. The number of benzene rings is 1. The Balaban J connectivity index is 1.50. The standard InChI is InChI=1S/C14H20BNO4/c1-14(12-17-13-5-3-2-4-6-13)11-16-7-9-18-15(16,20-14)19-10-8-16/h2-6H,7-12H2,1H3/t14-,15?,16?/m0/s1. The summed E-state index contributed by atoms with van der Waals surface area (Å²) in [5, 5.41) is 0. The largest absolute Gasteiger partial charge is 0.626 e. The second-order valence-electron chi connectivity index (χ2n) is 6.34. The first-order valence-corrected chi connectivity index (χ1v) is 7.31. The maximum Gasteiger partial charge on any atom is 0.626 e. The molecule has 4 rings (SSSR count). The van der Waals surface area contributed by atoms with Gasteiger partial charge in [0.1, 0.15) is 18.0 Å². The van der Waals surface area contributed by atoms with Crippen LogP contribution in [0.3, 0.4) is 0 Å². The van der Waals surface area contributed by atoms with E-state index in [2.05, 4.69) is 6.92 Å². The fourth-order valence-corrected chi connectivity index (χ4v) is 3.90. The van der Waals surface area contributed by atoms with E-state index in [0.717, 1.165) is 43.0 Å². The van der Waals surface area contributed by atoms with Crippen LogP contribution in [0, 0.1) is 0 Å². The predicted molar refractivity (Wildman–Crippen MR) is 73.9 cm³/mol. The number of rotatable bonds is 3. The fourth-order valence-electron chi connectivity index (χ4n) is 3.90. The molecule has 0 aliphatic carbocycles. The van der Waals surface area contributed by atoms with Crippen molar-refractivity contribution in [3.63, 3.8) is 0 Å². The maximum absolute atomic E-state index is 6.26. The minimum atomic E-state index is -1.60. The van der Waals surface area contributed by atoms with Gasteiger partial charge in [-0.05, 0) is 19.1 Å². The maximum atomic E-state index is 6.26. The molecule has 108 valence electrons. The van der Waals surface area contributed by atoms with Crippen molar-refractivity contribution in [2.75, 3.05) is 39.5 Å². The lowest BCUT2D eigenvalue weighted by atomic mass is 9.94. The molecule has 0 bridgehead atoms. The Morgan fingerprint density at radius 1 is 1.20 bits per heavy atom. The minimum Gasteiger partial charge on any atom is -0.491 e. The topological polar surface area (TPSA) is 36.9 Å². The second kappa shape index (κ2) is 4.21. The van der Waals surface area contributed by atoms with Crippen molar-refractivity contribution in [2.24, 2.45) is 0 Å². The Hall–Kier alpha value is -1.08. The molecule has 3 fully saturated rings. The van der Waals surface area contributed by atoms with Crippen molar-refractivity contribution >= 4 is 6.89 Å². The van der Waals surface area contributed by atoms with E-state index in [4.69, 9.17) is 18.7 Å². The fraction of sp³-hybridized carbons (Fsp3) is 0.571. The first-order chi connectivity index (χ1) is 9.66. The number of hydrogen-bond donors (Lipinski definition) is 0. The first kappa shape index (κ1) is 12.6. The molecule has 0 aromatic heterocycles. The summed E-state index contributed by atoms with van der Waals surface area (Å²) < 4.78 is 24.7. The van der Waals surface area contributed by atoms with Crippen LogP contribution in [-0.2, 0) is 14.0 Å². The summed E-state index contributed by atoms with van der Waals surface area (Å²) in [6, 6.07) is 9.85. The van der Waals surface area contributed by atoms with Gasteiger partial charge >= 0.3 is 6.89 Å². The zero-order chi connectivity index (χ0) is 13.7. The highest BCUT2D eigenvalue weighted by atomic mass is 16.8. The third-order valence-corrected chi connectivity index (χ3v) is 4.77. The molecule has 0 saturated carbocycles. The van der Waals surface area contributed by atoms with Crippen molar-refractivity contribution in [1.82, 2.24) is 0 Å². The quantitative estimate of drug-likeness (QED) is 0.777. The molecular formula is C14H20BNO4. The number of para-hydroxylation sites is 1. The minimum absolute atomic E-state index is 0.351. The summed E-state index contributed by atoms with van der Waals surface area (Å²) in [7, 11) is 0. The van der Waals surface area contributed by atoms with E-state index in [1.54, 1.807) is 0 Å². The molecule has 0 unspecified atom stereocenters. The highest BCUT2D eigenvalue weighted by Crippen LogP contribution is 2.45. The van der Waals surface area contributed by atoms with Gasteiger partial charge in [-0.15, -0.1) is 0 Å². The first-order valence-electron chi connectivity index (χ1n) is 7.31. The Morgan fingerprint density at radius 2 is 1.90 bits per heavy atom. The molecule has 0 radical (unpaired) electrons. The van der Waals surface area contributed by atoms with Crippen LogP contribution >= 0.6 is 0 Å². The van der Waals surface area contributed by atoms with Gasteiger partial charge in [0.05, 0.1) is 32.8 Å². The van der Waals surface area contributed by atoms with Crippen LogP contribution in [0.2, 0.25) is 0 Å². The number of hydrogen-bond acceptors (Lipinski definition) is 4. The summed E-state index contributed by atoms with van der Waals surface area (Å²) >= 11 is 0. The van der Waals surface area contributed by atoms with E-state index < -0.39 is 6.89 Å². The van der Waals surface area contributed by atoms with Gasteiger partial charge in [0.15, 0.2) is 0 Å². The molecule has 1 atom stereocenters. The summed E-state index contributed by atoms with van der Waals surface area (Å²) in [5.74, 6) is 0.872. The molecule has 0 N–H and O–H groups in total. The van der Waals surface area contributed by atoms with Crippen LogP contribution in [0.5, 0.6) is 5.75 Å². The summed E-state index contributed by atoms with van der Waals surface area (Å²) in [6.45, 7) is 5.35. The van der Waals surface area contributed by atoms with Gasteiger partial charge < -0.3 is 23.1 Å². The van der Waals surface area contributed by atoms with E-state index in [-0.39, 0.29) is 5.60 Å². The van der Waals surface area contributed by atoms with Crippen molar-refractivity contribution in [3.05, 3.63) is 30.3 Å². The van der Waals surface area contributed by atoms with Crippen LogP contribution in [-0.4, -0.2) is 56.3 Å². The predicted octanol–water partition coefficient (Wildman–Crippen LogP) is 1.17. The molecule has 3 heterocycles. The summed E-state index contributed by atoms with van der Waals surface area (Å²) in [5.41, 5.74) is -0.351. The summed E-state index contributed by atoms with van der Waals surface area (Å²) in [6.07, 6.45) is 0. The van der Waals surface area contributed by atoms with Crippen LogP contribution in [0.25, 0.3) is 0 Å². The lowest BCUT2D eigenvalue weighted by Gasteiger charge is -2.37. The SMILES string of the molecule is C[C@@]1(COc2ccccc2)C[N+]23CCO[B-]2(OCC3)O1. The number of quaternary nitrogens is 1. The third kappa shape index (κ3) is 1.72. The molecule has 1 aromatic rings. The molecule has 0 amide bonds. The van der Waals surface area contributed by atoms with E-state index in [1.165, 1.54) is 0 Å². The third-order valence-electron chi connectivity index (χ3n) is 4.77. The van der Waals surface area contributed by atoms with Crippen molar-refractivity contribution in [2.45, 2.75) is 12.5 Å². The van der Waals surface area contributed by atoms with Crippen LogP contribution < -0.4 is 4.74 Å². The smallest absolute Gasteiger partial charge is 0.491 e. The monoisotopic (exact) mass is 277 g/mol. The molecule has 3 saturated heterocycles. The Bertz CT molecular complexity index is 479. The van der Waals surface area contributed by atoms with Gasteiger partial charge in [0, 0.05) is 0 Å². The number of ether oxygens (including phenoxy) is 1. The zero-order valence-electron chi connectivity index (χ0n) is 11.8. The molecule has 1 aromatic carbocycles. The molecule has 5 nitrogen and oxygen atoms in total. The molecule has 0 spiro atoms. The van der Waals surface area contributed by atoms with Crippen LogP contribution in [0.15, 0.2) is 30.3 Å². The lowest BCUT2D eigenvalue weighted by molar-refractivity contribution is -0.818. The average Bonchev–Trinajstić information content (AvgIpc) is 2.97. The molecule has 3 aliphatic heterocycles. The van der Waals surface area contributed by atoms with E-state index >= 15 is 0 Å². The van der Waals surface area contributed by atoms with Gasteiger partial charge in [0.2, 0.25) is 0 Å². The Morgan fingerprint density at radius 3 is 2.55 bits per heavy atom. The highest BCUT2D eigenvalue weighted by Gasteiger charge is 2.69. The Kier molecular flexibility index (Phi) is 2.66. The molecular weight excluding hydrogens is 257 g/mol. The average molecular weight is 277 g/mol. The Labute approximate surface area is 119 Å².